The van der Waals surface area contributed by atoms with E-state index < -0.39 is 0 Å². The Kier molecular flexibility index (Phi) is 2.12. The van der Waals surface area contributed by atoms with Crippen LogP contribution in [0.15, 0.2) is 24.3 Å². The highest BCUT2D eigenvalue weighted by Crippen LogP contribution is 2.34. The van der Waals surface area contributed by atoms with Crippen molar-refractivity contribution < 1.29 is 9.47 Å². The van der Waals surface area contributed by atoms with Gasteiger partial charge in [-0.25, -0.2) is 4.90 Å². The zero-order valence-electron chi connectivity index (χ0n) is 8.43. The first kappa shape index (κ1) is 9.15. The summed E-state index contributed by atoms with van der Waals surface area (Å²) in [6, 6.07) is 8.26. The number of ether oxygens (including phenoxy) is 2. The first-order valence-corrected chi connectivity index (χ1v) is 5.13. The smallest absolute Gasteiger partial charge is 0.102 e. The highest BCUT2D eigenvalue weighted by molar-refractivity contribution is 5.40. The van der Waals surface area contributed by atoms with Gasteiger partial charge in [0.05, 0.1) is 12.6 Å². The summed E-state index contributed by atoms with van der Waals surface area (Å²) in [6.45, 7) is 2.12. The molecule has 0 aliphatic carbocycles. The summed E-state index contributed by atoms with van der Waals surface area (Å²) in [4.78, 5) is 2.21. The molecule has 1 aromatic rings. The molecule has 0 bridgehead atoms. The molecule has 2 N–H and O–H groups in total. The molecule has 2 atom stereocenters. The monoisotopic (exact) mass is 206 g/mol. The Balaban J connectivity index is 1.85. The van der Waals surface area contributed by atoms with Crippen molar-refractivity contribution in [2.75, 3.05) is 25.8 Å². The van der Waals surface area contributed by atoms with E-state index in [2.05, 4.69) is 4.90 Å². The minimum atomic E-state index is 0.132. The minimum Gasteiger partial charge on any atom is -0.399 e. The van der Waals surface area contributed by atoms with Crippen molar-refractivity contribution in [1.29, 1.82) is 0 Å². The lowest BCUT2D eigenvalue weighted by molar-refractivity contribution is 0.0370. The topological polar surface area (TPSA) is 47.7 Å². The van der Waals surface area contributed by atoms with E-state index in [0.29, 0.717) is 19.5 Å². The van der Waals surface area contributed by atoms with Crippen molar-refractivity contribution in [2.45, 2.75) is 12.1 Å². The molecular weight excluding hydrogens is 192 g/mol. The zero-order valence-corrected chi connectivity index (χ0v) is 8.43. The van der Waals surface area contributed by atoms with Gasteiger partial charge in [0.2, 0.25) is 0 Å². The molecule has 2 heterocycles. The van der Waals surface area contributed by atoms with E-state index in [1.54, 1.807) is 0 Å². The van der Waals surface area contributed by atoms with E-state index in [1.807, 2.05) is 24.3 Å². The summed E-state index contributed by atoms with van der Waals surface area (Å²) < 4.78 is 11.2. The Bertz CT molecular complexity index is 352. The van der Waals surface area contributed by atoms with Crippen LogP contribution in [0.1, 0.15) is 11.7 Å². The molecule has 2 fully saturated rings. The maximum absolute atomic E-state index is 5.75. The molecule has 0 radical (unpaired) electrons. The lowest BCUT2D eigenvalue weighted by Gasteiger charge is -2.16. The van der Waals surface area contributed by atoms with E-state index in [-0.39, 0.29) is 6.10 Å². The number of nitrogens with two attached hydrogens (primary N) is 1. The number of benzene rings is 1. The molecule has 0 saturated carbocycles. The first-order chi connectivity index (χ1) is 7.34. The van der Waals surface area contributed by atoms with Crippen molar-refractivity contribution in [1.82, 2.24) is 4.90 Å². The van der Waals surface area contributed by atoms with Crippen LogP contribution >= 0.6 is 0 Å². The van der Waals surface area contributed by atoms with E-state index in [9.17, 15) is 0 Å². The highest BCUT2D eigenvalue weighted by atomic mass is 16.6. The molecule has 4 nitrogen and oxygen atoms in total. The van der Waals surface area contributed by atoms with Crippen LogP contribution in [0, 0.1) is 0 Å². The van der Waals surface area contributed by atoms with Gasteiger partial charge < -0.3 is 15.2 Å². The number of hydrogen-bond donors (Lipinski definition) is 1. The SMILES string of the molecule is Nc1ccc([C@H]2OCN3COC[C@H]23)cc1. The Morgan fingerprint density at radius 1 is 1.20 bits per heavy atom. The van der Waals surface area contributed by atoms with Crippen LogP contribution in [-0.4, -0.2) is 31.0 Å². The van der Waals surface area contributed by atoms with Crippen LogP contribution in [0.4, 0.5) is 5.69 Å². The number of nitrogens with zero attached hydrogens (tertiary/aromatic N) is 1. The Hall–Kier alpha value is -1.10. The standard InChI is InChI=1S/C11H14N2O2/c12-9-3-1-8(2-4-9)11-10-5-14-6-13(10)7-15-11/h1-4,10-11H,5-7,12H2/t10-,11-/m1/s1. The number of rotatable bonds is 1. The minimum absolute atomic E-state index is 0.132. The maximum atomic E-state index is 5.75. The molecule has 0 unspecified atom stereocenters. The van der Waals surface area contributed by atoms with Crippen LogP contribution in [0.25, 0.3) is 0 Å². The second kappa shape index (κ2) is 3.48. The summed E-state index contributed by atoms with van der Waals surface area (Å²) in [5.74, 6) is 0. The molecule has 80 valence electrons. The summed E-state index contributed by atoms with van der Waals surface area (Å²) in [6.07, 6.45) is 0.132. The third kappa shape index (κ3) is 1.51. The number of fused-ring (bicyclic) bond motifs is 1. The van der Waals surface area contributed by atoms with Crippen LogP contribution < -0.4 is 5.73 Å². The summed E-state index contributed by atoms with van der Waals surface area (Å²) >= 11 is 0. The van der Waals surface area contributed by atoms with Gasteiger partial charge in [-0.05, 0) is 17.7 Å². The molecule has 0 amide bonds. The molecule has 3 rings (SSSR count). The van der Waals surface area contributed by atoms with E-state index in [0.717, 1.165) is 12.3 Å². The van der Waals surface area contributed by atoms with E-state index >= 15 is 0 Å². The predicted octanol–water partition coefficient (Wildman–Crippen LogP) is 0.956. The van der Waals surface area contributed by atoms with Crippen LogP contribution in [-0.2, 0) is 9.47 Å². The second-order valence-electron chi connectivity index (χ2n) is 4.04. The molecular formula is C11H14N2O2. The summed E-state index contributed by atoms with van der Waals surface area (Å²) in [5, 5.41) is 0. The predicted molar refractivity (Wildman–Crippen MR) is 56.0 cm³/mol. The molecule has 15 heavy (non-hydrogen) atoms. The van der Waals surface area contributed by atoms with Gasteiger partial charge in [-0.1, -0.05) is 12.1 Å². The van der Waals surface area contributed by atoms with Crippen molar-refractivity contribution >= 4 is 5.69 Å². The number of hydrogen-bond acceptors (Lipinski definition) is 4. The number of anilines is 1. The first-order valence-electron chi connectivity index (χ1n) is 5.13. The third-order valence-electron chi connectivity index (χ3n) is 3.05. The van der Waals surface area contributed by atoms with Gasteiger partial charge in [0, 0.05) is 5.69 Å². The molecule has 0 spiro atoms. The van der Waals surface area contributed by atoms with Crippen molar-refractivity contribution in [2.24, 2.45) is 0 Å². The largest absolute Gasteiger partial charge is 0.399 e. The van der Waals surface area contributed by atoms with Crippen molar-refractivity contribution in [3.63, 3.8) is 0 Å². The lowest BCUT2D eigenvalue weighted by atomic mass is 10.0. The molecule has 2 aliphatic rings. The van der Waals surface area contributed by atoms with Gasteiger partial charge in [0.25, 0.3) is 0 Å². The zero-order chi connectivity index (χ0) is 10.3. The molecule has 2 aliphatic heterocycles. The fourth-order valence-electron chi connectivity index (χ4n) is 2.19. The molecule has 4 heteroatoms. The van der Waals surface area contributed by atoms with Gasteiger partial charge in [-0.2, -0.15) is 0 Å². The van der Waals surface area contributed by atoms with Crippen molar-refractivity contribution in [3.8, 4) is 0 Å². The van der Waals surface area contributed by atoms with E-state index in [4.69, 9.17) is 15.2 Å². The van der Waals surface area contributed by atoms with Crippen LogP contribution in [0.2, 0.25) is 0 Å². The average Bonchev–Trinajstić information content (AvgIpc) is 2.80. The normalized spacial score (nSPS) is 30.7. The average molecular weight is 206 g/mol. The van der Waals surface area contributed by atoms with Gasteiger partial charge in [-0.15, -0.1) is 0 Å². The maximum Gasteiger partial charge on any atom is 0.102 e. The molecule has 2 saturated heterocycles. The summed E-state index contributed by atoms with van der Waals surface area (Å²) in [5.41, 5.74) is 7.63. The van der Waals surface area contributed by atoms with Crippen LogP contribution in [0.3, 0.4) is 0 Å². The quantitative estimate of drug-likeness (QED) is 0.695. The Labute approximate surface area is 88.6 Å². The van der Waals surface area contributed by atoms with Gasteiger partial charge >= 0.3 is 0 Å². The van der Waals surface area contributed by atoms with Gasteiger partial charge in [0.1, 0.15) is 19.6 Å². The number of nitrogen functional groups attached to an aromatic ring is 1. The Morgan fingerprint density at radius 3 is 2.80 bits per heavy atom. The van der Waals surface area contributed by atoms with E-state index in [1.165, 1.54) is 5.56 Å². The second-order valence-corrected chi connectivity index (χ2v) is 4.04. The molecule has 1 aromatic carbocycles. The fourth-order valence-corrected chi connectivity index (χ4v) is 2.19. The molecule has 0 aromatic heterocycles. The Morgan fingerprint density at radius 2 is 2.00 bits per heavy atom. The van der Waals surface area contributed by atoms with Crippen LogP contribution in [0.5, 0.6) is 0 Å². The lowest BCUT2D eigenvalue weighted by Crippen LogP contribution is -2.27. The van der Waals surface area contributed by atoms with Gasteiger partial charge in [0.15, 0.2) is 0 Å². The van der Waals surface area contributed by atoms with Crippen molar-refractivity contribution in [3.05, 3.63) is 29.8 Å². The third-order valence-corrected chi connectivity index (χ3v) is 3.05. The fraction of sp³-hybridized carbons (Fsp3) is 0.455. The summed E-state index contributed by atoms with van der Waals surface area (Å²) in [7, 11) is 0. The highest BCUT2D eigenvalue weighted by Gasteiger charge is 2.39. The van der Waals surface area contributed by atoms with Gasteiger partial charge in [-0.3, -0.25) is 0 Å².